The van der Waals surface area contributed by atoms with Gasteiger partial charge in [-0.05, 0) is 36.5 Å². The average molecular weight is 395 g/mol. The van der Waals surface area contributed by atoms with E-state index in [0.717, 1.165) is 36.8 Å². The molecule has 1 saturated carbocycles. The molecule has 29 heavy (non-hydrogen) atoms. The topological polar surface area (TPSA) is 78.4 Å². The standard InChI is InChI=1S/C24H30N2O3/c1-24(29,20-15-13-19(14-16-20)18-9-5-4-6-10-18)17-25-22(27)23(28)26-21-11-7-2-3-8-12-21/h4-6,9-10,13-16,21,29H,2-3,7-8,11-12,17H2,1H3,(H,25,27)(H,26,28). The van der Waals surface area contributed by atoms with Gasteiger partial charge in [-0.3, -0.25) is 9.59 Å². The lowest BCUT2D eigenvalue weighted by Gasteiger charge is -2.24. The molecule has 0 radical (unpaired) electrons. The van der Waals surface area contributed by atoms with Crippen LogP contribution >= 0.6 is 0 Å². The van der Waals surface area contributed by atoms with Gasteiger partial charge in [-0.1, -0.05) is 80.3 Å². The zero-order valence-electron chi connectivity index (χ0n) is 17.0. The van der Waals surface area contributed by atoms with Gasteiger partial charge in [0.1, 0.15) is 5.60 Å². The summed E-state index contributed by atoms with van der Waals surface area (Å²) < 4.78 is 0. The molecule has 1 unspecified atom stereocenters. The SMILES string of the molecule is CC(O)(CNC(=O)C(=O)NC1CCCCCC1)c1ccc(-c2ccccc2)cc1. The van der Waals surface area contributed by atoms with Gasteiger partial charge in [0.15, 0.2) is 0 Å². The lowest BCUT2D eigenvalue weighted by Crippen LogP contribution is -2.47. The Bertz CT molecular complexity index is 808. The Kier molecular flexibility index (Phi) is 7.04. The molecule has 154 valence electrons. The lowest BCUT2D eigenvalue weighted by atomic mass is 9.93. The monoisotopic (exact) mass is 394 g/mol. The van der Waals surface area contributed by atoms with Crippen LogP contribution in [0.5, 0.6) is 0 Å². The van der Waals surface area contributed by atoms with Crippen LogP contribution in [0, 0.1) is 0 Å². The number of nitrogens with one attached hydrogen (secondary N) is 2. The third-order valence-electron chi connectivity index (χ3n) is 5.60. The van der Waals surface area contributed by atoms with Crippen molar-refractivity contribution >= 4 is 11.8 Å². The van der Waals surface area contributed by atoms with Crippen molar-refractivity contribution in [3.63, 3.8) is 0 Å². The molecule has 2 aromatic carbocycles. The highest BCUT2D eigenvalue weighted by Gasteiger charge is 2.26. The summed E-state index contributed by atoms with van der Waals surface area (Å²) in [7, 11) is 0. The summed E-state index contributed by atoms with van der Waals surface area (Å²) in [5.74, 6) is -1.32. The van der Waals surface area contributed by atoms with Crippen LogP contribution in [0.3, 0.4) is 0 Å². The summed E-state index contributed by atoms with van der Waals surface area (Å²) in [5.41, 5.74) is 1.56. The maximum absolute atomic E-state index is 12.2. The summed E-state index contributed by atoms with van der Waals surface area (Å²) in [6, 6.07) is 17.6. The molecule has 1 aliphatic carbocycles. The molecule has 2 amide bonds. The van der Waals surface area contributed by atoms with Gasteiger partial charge in [0.05, 0.1) is 6.54 Å². The number of hydrogen-bond donors (Lipinski definition) is 3. The molecule has 3 rings (SSSR count). The molecular weight excluding hydrogens is 364 g/mol. The molecule has 3 N–H and O–H groups in total. The number of aliphatic hydroxyl groups is 1. The van der Waals surface area contributed by atoms with Crippen molar-refractivity contribution in [2.75, 3.05) is 6.54 Å². The highest BCUT2D eigenvalue weighted by Crippen LogP contribution is 2.25. The third-order valence-corrected chi connectivity index (χ3v) is 5.60. The molecule has 5 heteroatoms. The first-order chi connectivity index (χ1) is 14.0. The van der Waals surface area contributed by atoms with E-state index in [1.54, 1.807) is 6.92 Å². The van der Waals surface area contributed by atoms with Gasteiger partial charge < -0.3 is 15.7 Å². The molecular formula is C24H30N2O3. The largest absolute Gasteiger partial charge is 0.384 e. The summed E-state index contributed by atoms with van der Waals surface area (Å²) in [6.07, 6.45) is 6.38. The predicted molar refractivity (Wildman–Crippen MR) is 114 cm³/mol. The van der Waals surface area contributed by atoms with Gasteiger partial charge in [-0.25, -0.2) is 0 Å². The van der Waals surface area contributed by atoms with E-state index in [1.165, 1.54) is 12.8 Å². The number of rotatable bonds is 5. The normalized spacial score (nSPS) is 17.0. The second kappa shape index (κ2) is 9.70. The van der Waals surface area contributed by atoms with Gasteiger partial charge in [-0.15, -0.1) is 0 Å². The van der Waals surface area contributed by atoms with Gasteiger partial charge in [-0.2, -0.15) is 0 Å². The average Bonchev–Trinajstić information content (AvgIpc) is 3.01. The lowest BCUT2D eigenvalue weighted by molar-refractivity contribution is -0.140. The Hall–Kier alpha value is -2.66. The Balaban J connectivity index is 1.54. The second-order valence-corrected chi connectivity index (χ2v) is 8.06. The smallest absolute Gasteiger partial charge is 0.309 e. The molecule has 1 aliphatic rings. The Morgan fingerprint density at radius 3 is 2.10 bits per heavy atom. The minimum Gasteiger partial charge on any atom is -0.384 e. The van der Waals surface area contributed by atoms with Crippen molar-refractivity contribution in [3.8, 4) is 11.1 Å². The molecule has 0 saturated heterocycles. The molecule has 0 spiro atoms. The summed E-state index contributed by atoms with van der Waals surface area (Å²) in [5, 5.41) is 16.2. The first-order valence-corrected chi connectivity index (χ1v) is 10.4. The first kappa shape index (κ1) is 21.1. The number of carbonyl (C=O) groups excluding carboxylic acids is 2. The van der Waals surface area contributed by atoms with E-state index in [-0.39, 0.29) is 12.6 Å². The molecule has 0 heterocycles. The van der Waals surface area contributed by atoms with Crippen LogP contribution in [0.25, 0.3) is 11.1 Å². The molecule has 0 aromatic heterocycles. The number of carbonyl (C=O) groups is 2. The van der Waals surface area contributed by atoms with Crippen LogP contribution in [0.2, 0.25) is 0 Å². The van der Waals surface area contributed by atoms with Crippen molar-refractivity contribution < 1.29 is 14.7 Å². The molecule has 1 fully saturated rings. The number of amides is 2. The molecule has 1 atom stereocenters. The molecule has 0 bridgehead atoms. The maximum Gasteiger partial charge on any atom is 0.309 e. The van der Waals surface area contributed by atoms with Crippen LogP contribution in [0.4, 0.5) is 0 Å². The number of benzene rings is 2. The zero-order chi connectivity index (χ0) is 20.7. The van der Waals surface area contributed by atoms with Crippen molar-refractivity contribution in [2.45, 2.75) is 57.1 Å². The molecule has 5 nitrogen and oxygen atoms in total. The van der Waals surface area contributed by atoms with E-state index in [1.807, 2.05) is 54.6 Å². The Labute approximate surface area is 172 Å². The Morgan fingerprint density at radius 2 is 1.48 bits per heavy atom. The van der Waals surface area contributed by atoms with Crippen LogP contribution in [-0.4, -0.2) is 29.5 Å². The van der Waals surface area contributed by atoms with Gasteiger partial charge in [0, 0.05) is 6.04 Å². The van der Waals surface area contributed by atoms with E-state index >= 15 is 0 Å². The van der Waals surface area contributed by atoms with Crippen LogP contribution in [0.15, 0.2) is 54.6 Å². The van der Waals surface area contributed by atoms with E-state index < -0.39 is 17.4 Å². The molecule has 0 aliphatic heterocycles. The fourth-order valence-electron chi connectivity index (χ4n) is 3.76. The highest BCUT2D eigenvalue weighted by atomic mass is 16.3. The van der Waals surface area contributed by atoms with Gasteiger partial charge in [0.2, 0.25) is 0 Å². The van der Waals surface area contributed by atoms with E-state index in [2.05, 4.69) is 10.6 Å². The highest BCUT2D eigenvalue weighted by molar-refractivity contribution is 6.35. The first-order valence-electron chi connectivity index (χ1n) is 10.4. The minimum atomic E-state index is -1.27. The zero-order valence-corrected chi connectivity index (χ0v) is 17.0. The van der Waals surface area contributed by atoms with E-state index in [4.69, 9.17) is 0 Å². The van der Waals surface area contributed by atoms with E-state index in [0.29, 0.717) is 5.56 Å². The fourth-order valence-corrected chi connectivity index (χ4v) is 3.76. The van der Waals surface area contributed by atoms with Crippen molar-refractivity contribution in [1.29, 1.82) is 0 Å². The van der Waals surface area contributed by atoms with Crippen molar-refractivity contribution in [3.05, 3.63) is 60.2 Å². The Morgan fingerprint density at radius 1 is 0.897 bits per heavy atom. The third kappa shape index (κ3) is 5.91. The summed E-state index contributed by atoms with van der Waals surface area (Å²) >= 11 is 0. The predicted octanol–water partition coefficient (Wildman–Crippen LogP) is 3.52. The van der Waals surface area contributed by atoms with Gasteiger partial charge in [0.25, 0.3) is 0 Å². The second-order valence-electron chi connectivity index (χ2n) is 8.06. The van der Waals surface area contributed by atoms with Crippen molar-refractivity contribution in [2.24, 2.45) is 0 Å². The minimum absolute atomic E-state index is 0.0331. The summed E-state index contributed by atoms with van der Waals surface area (Å²) in [4.78, 5) is 24.4. The maximum atomic E-state index is 12.2. The molecule has 2 aromatic rings. The quantitative estimate of drug-likeness (QED) is 0.536. The fraction of sp³-hybridized carbons (Fsp3) is 0.417. The van der Waals surface area contributed by atoms with Gasteiger partial charge >= 0.3 is 11.8 Å². The summed E-state index contributed by atoms with van der Waals surface area (Å²) in [6.45, 7) is 1.60. The number of hydrogen-bond acceptors (Lipinski definition) is 3. The van der Waals surface area contributed by atoms with E-state index in [9.17, 15) is 14.7 Å². The van der Waals surface area contributed by atoms with Crippen molar-refractivity contribution in [1.82, 2.24) is 10.6 Å². The van der Waals surface area contributed by atoms with Crippen LogP contribution in [0.1, 0.15) is 51.0 Å². The van der Waals surface area contributed by atoms with Crippen LogP contribution in [-0.2, 0) is 15.2 Å². The van der Waals surface area contributed by atoms with Crippen LogP contribution < -0.4 is 10.6 Å².